The van der Waals surface area contributed by atoms with Crippen LogP contribution in [0.1, 0.15) is 22.9 Å². The monoisotopic (exact) mass is 831 g/mol. The molecule has 2 aliphatic heterocycles. The number of nitrogens with zero attached hydrogens (tertiary/aromatic N) is 3. The Morgan fingerprint density at radius 3 is 1.97 bits per heavy atom. The van der Waals surface area contributed by atoms with E-state index in [9.17, 15) is 0 Å². The predicted octanol–water partition coefficient (Wildman–Crippen LogP) is 15.4. The maximum atomic E-state index is 6.71. The summed E-state index contributed by atoms with van der Waals surface area (Å²) in [6.45, 7) is 0. The van der Waals surface area contributed by atoms with Gasteiger partial charge in [0.25, 0.3) is 0 Å². The third kappa shape index (κ3) is 5.30. The average Bonchev–Trinajstić information content (AvgIpc) is 3.88. The van der Waals surface area contributed by atoms with Crippen LogP contribution in [0.4, 0.5) is 17.1 Å². The minimum absolute atomic E-state index is 0.427. The molecule has 0 fully saturated rings. The lowest BCUT2D eigenvalue weighted by Gasteiger charge is -2.30. The lowest BCUT2D eigenvalue weighted by molar-refractivity contribution is 0.636. The number of rotatable bonds is 5. The van der Waals surface area contributed by atoms with E-state index >= 15 is 0 Å². The second kappa shape index (κ2) is 13.6. The molecule has 5 heteroatoms. The second-order valence-electron chi connectivity index (χ2n) is 17.6. The van der Waals surface area contributed by atoms with Crippen LogP contribution in [0.25, 0.3) is 87.3 Å². The van der Waals surface area contributed by atoms with Crippen molar-refractivity contribution in [3.8, 4) is 22.3 Å². The van der Waals surface area contributed by atoms with Crippen molar-refractivity contribution in [1.82, 2.24) is 9.80 Å². The third-order valence-electron chi connectivity index (χ3n) is 14.1. The molecule has 2 atom stereocenters. The summed E-state index contributed by atoms with van der Waals surface area (Å²) in [5.74, 6) is 1.60. The van der Waals surface area contributed by atoms with Gasteiger partial charge in [-0.3, -0.25) is 0 Å². The van der Waals surface area contributed by atoms with Gasteiger partial charge in [-0.15, -0.1) is 0 Å². The molecule has 0 saturated carbocycles. The summed E-state index contributed by atoms with van der Waals surface area (Å²) in [5.41, 5.74) is 13.3. The first-order chi connectivity index (χ1) is 32.1. The van der Waals surface area contributed by atoms with Crippen LogP contribution in [0.5, 0.6) is 0 Å². The molecule has 2 unspecified atom stereocenters. The zero-order valence-electron chi connectivity index (χ0n) is 35.5. The topological polar surface area (TPSA) is 49.9 Å². The third-order valence-corrected chi connectivity index (χ3v) is 14.1. The summed E-state index contributed by atoms with van der Waals surface area (Å²) < 4.78 is 7.23. The molecular formula is C60H39N4O+. The van der Waals surface area contributed by atoms with E-state index in [4.69, 9.17) is 14.4 Å². The Hall–Kier alpha value is -8.38. The van der Waals surface area contributed by atoms with Gasteiger partial charge in [-0.2, -0.15) is 0 Å². The van der Waals surface area contributed by atoms with Gasteiger partial charge in [0.15, 0.2) is 17.5 Å². The van der Waals surface area contributed by atoms with Crippen LogP contribution in [-0.2, 0) is 0 Å². The fourth-order valence-corrected chi connectivity index (χ4v) is 10.9. The van der Waals surface area contributed by atoms with Crippen LogP contribution >= 0.6 is 0 Å². The number of amidine groups is 2. The van der Waals surface area contributed by atoms with Crippen molar-refractivity contribution in [2.45, 2.75) is 6.17 Å². The lowest BCUT2D eigenvalue weighted by Crippen LogP contribution is -2.36. The molecule has 0 amide bonds. The molecule has 0 aliphatic carbocycles. The van der Waals surface area contributed by atoms with Crippen molar-refractivity contribution >= 4 is 93.8 Å². The van der Waals surface area contributed by atoms with Crippen LogP contribution < -0.4 is 9.80 Å². The molecule has 0 radical (unpaired) electrons. The first-order valence-corrected chi connectivity index (χ1v) is 22.3. The molecule has 304 valence electrons. The van der Waals surface area contributed by atoms with Gasteiger partial charge in [0, 0.05) is 51.7 Å². The zero-order valence-corrected chi connectivity index (χ0v) is 35.5. The second-order valence-corrected chi connectivity index (χ2v) is 17.6. The Morgan fingerprint density at radius 1 is 0.415 bits per heavy atom. The van der Waals surface area contributed by atoms with E-state index in [1.165, 1.54) is 71.0 Å². The highest BCUT2D eigenvalue weighted by Gasteiger charge is 2.43. The maximum absolute atomic E-state index is 6.71. The van der Waals surface area contributed by atoms with E-state index in [-0.39, 0.29) is 0 Å². The molecule has 65 heavy (non-hydrogen) atoms. The zero-order chi connectivity index (χ0) is 42.8. The maximum Gasteiger partial charge on any atom is 0.169 e. The van der Waals surface area contributed by atoms with E-state index in [0.717, 1.165) is 61.7 Å². The van der Waals surface area contributed by atoms with Gasteiger partial charge in [0.2, 0.25) is 0 Å². The molecule has 0 spiro atoms. The summed E-state index contributed by atoms with van der Waals surface area (Å²) in [7, 11) is 2.33. The number of fused-ring (bicyclic) bond motifs is 8. The smallest absolute Gasteiger partial charge is 0.169 e. The van der Waals surface area contributed by atoms with Crippen LogP contribution in [0.2, 0.25) is 0 Å². The van der Waals surface area contributed by atoms with Gasteiger partial charge < -0.3 is 9.73 Å². The Balaban J connectivity index is 0.891. The Kier molecular flexibility index (Phi) is 7.54. The number of hydrogen-bond donors (Lipinski definition) is 1. The molecular weight excluding hydrogens is 793 g/mol. The Labute approximate surface area is 374 Å². The highest BCUT2D eigenvalue weighted by Crippen LogP contribution is 2.58. The first-order valence-electron chi connectivity index (χ1n) is 22.3. The molecule has 3 heterocycles. The summed E-state index contributed by atoms with van der Waals surface area (Å²) in [5, 5.41) is 15.7. The molecule has 14 rings (SSSR count). The van der Waals surface area contributed by atoms with Gasteiger partial charge in [-0.25, -0.2) is 14.5 Å². The van der Waals surface area contributed by atoms with E-state index in [2.05, 4.69) is 219 Å². The summed E-state index contributed by atoms with van der Waals surface area (Å²) in [4.78, 5) is 10.6. The lowest BCUT2D eigenvalue weighted by atomic mass is 9.93. The molecule has 2 aliphatic rings. The van der Waals surface area contributed by atoms with Crippen molar-refractivity contribution in [2.24, 2.45) is 9.98 Å². The van der Waals surface area contributed by atoms with Gasteiger partial charge in [-0.1, -0.05) is 146 Å². The summed E-state index contributed by atoms with van der Waals surface area (Å²) >= 11 is 0. The van der Waals surface area contributed by atoms with Crippen molar-refractivity contribution in [1.29, 1.82) is 0 Å². The highest BCUT2D eigenvalue weighted by molar-refractivity contribution is 6.33. The number of para-hydroxylation sites is 1. The van der Waals surface area contributed by atoms with Crippen molar-refractivity contribution < 1.29 is 4.42 Å². The highest BCUT2D eigenvalue weighted by atomic mass is 16.3. The van der Waals surface area contributed by atoms with Crippen molar-refractivity contribution in [3.63, 3.8) is 0 Å². The first kappa shape index (κ1) is 36.1. The van der Waals surface area contributed by atoms with Gasteiger partial charge in [-0.05, 0) is 96.2 Å². The summed E-state index contributed by atoms with van der Waals surface area (Å²) in [6.07, 6.45) is -0.427. The quantitative estimate of drug-likeness (QED) is 0.139. The predicted molar refractivity (Wildman–Crippen MR) is 271 cm³/mol. The standard InChI is InChI=1S/C60H39N4O/c1-64(43-34-51-46-21-7-6-20-45(46)48-23-12-26-54-56(48)57(51)55(35-43)65-54)52-25-9-8-22-47(52)50-33-40(29-30-53(50)64)39-17-10-18-41(32-39)58-61-59(42-28-27-36-13-2-3-15-38(36)31-42)63-60(62-58)49-24-11-16-37-14-4-5-19-44(37)49/h2-35,59H,1H3,(H,61,62,63)/q+1. The van der Waals surface area contributed by atoms with Gasteiger partial charge >= 0.3 is 0 Å². The van der Waals surface area contributed by atoms with Crippen LogP contribution in [0.15, 0.2) is 221 Å². The molecule has 1 N–H and O–H groups in total. The van der Waals surface area contributed by atoms with E-state index in [1.807, 2.05) is 0 Å². The number of hydrogen-bond acceptors (Lipinski definition) is 4. The number of aliphatic imine (C=N–C) groups is 2. The molecule has 12 aromatic rings. The van der Waals surface area contributed by atoms with Crippen molar-refractivity contribution in [3.05, 3.63) is 223 Å². The Morgan fingerprint density at radius 2 is 1.06 bits per heavy atom. The van der Waals surface area contributed by atoms with E-state index < -0.39 is 6.17 Å². The minimum Gasteiger partial charge on any atom is -0.456 e. The van der Waals surface area contributed by atoms with Crippen LogP contribution in [0, 0.1) is 0 Å². The van der Waals surface area contributed by atoms with Crippen molar-refractivity contribution in [2.75, 3.05) is 7.05 Å². The number of benzene rings is 11. The van der Waals surface area contributed by atoms with Crippen LogP contribution in [-0.4, -0.2) is 18.7 Å². The largest absolute Gasteiger partial charge is 0.456 e. The molecule has 11 aromatic carbocycles. The minimum atomic E-state index is -0.427. The molecule has 0 saturated heterocycles. The molecule has 5 nitrogen and oxygen atoms in total. The van der Waals surface area contributed by atoms with E-state index in [1.54, 1.807) is 0 Å². The van der Waals surface area contributed by atoms with Gasteiger partial charge in [0.05, 0.1) is 12.6 Å². The average molecular weight is 832 g/mol. The Bertz CT molecular complexity index is 4020. The fourth-order valence-electron chi connectivity index (χ4n) is 10.9. The van der Waals surface area contributed by atoms with E-state index in [0.29, 0.717) is 4.48 Å². The summed E-state index contributed by atoms with van der Waals surface area (Å²) in [6, 6.07) is 74.4. The SMILES string of the molecule is C[N+]1(c2cc3oc4cccc5c6ccccc6c(c2)c3c45)c2ccccc2-c2cc(-c3cccc(C4=NC(c5ccc6ccccc6c5)N=C(c5cccc6ccccc56)N4)c3)ccc21. The number of quaternary nitrogens is 1. The van der Waals surface area contributed by atoms with Crippen LogP contribution in [0.3, 0.4) is 0 Å². The number of nitrogens with one attached hydrogen (secondary N) is 1. The molecule has 0 bridgehead atoms. The normalized spacial score (nSPS) is 16.9. The molecule has 1 aromatic heterocycles. The fraction of sp³-hybridized carbons (Fsp3) is 0.0333. The van der Waals surface area contributed by atoms with Gasteiger partial charge in [0.1, 0.15) is 28.5 Å². The number of furan rings is 1.